The van der Waals surface area contributed by atoms with E-state index >= 15 is 0 Å². The van der Waals surface area contributed by atoms with Gasteiger partial charge in [-0.1, -0.05) is 0 Å². The molecule has 0 bridgehead atoms. The van der Waals surface area contributed by atoms with E-state index in [9.17, 15) is 14.0 Å². The number of hydrogen-bond acceptors (Lipinski definition) is 2. The van der Waals surface area contributed by atoms with Gasteiger partial charge in [0.05, 0.1) is 0 Å². The highest BCUT2D eigenvalue weighted by molar-refractivity contribution is 6.29. The maximum atomic E-state index is 12.7. The maximum Gasteiger partial charge on any atom is 0.242 e. The minimum absolute atomic E-state index is 0.273. The van der Waals surface area contributed by atoms with Gasteiger partial charge in [0.2, 0.25) is 11.8 Å². The van der Waals surface area contributed by atoms with Gasteiger partial charge in [-0.25, -0.2) is 4.39 Å². The molecule has 0 radical (unpaired) electrons. The van der Waals surface area contributed by atoms with Crippen molar-refractivity contribution < 1.29 is 14.0 Å². The fourth-order valence-corrected chi connectivity index (χ4v) is 1.32. The van der Waals surface area contributed by atoms with Crippen LogP contribution in [0.2, 0.25) is 0 Å². The number of primary amides is 1. The second-order valence-electron chi connectivity index (χ2n) is 3.06. The van der Waals surface area contributed by atoms with Crippen LogP contribution < -0.4 is 10.6 Å². The molecule has 0 aromatic heterocycles. The first kappa shape index (κ1) is 12.4. The minimum atomic E-state index is -0.664. The second kappa shape index (κ2) is 5.46. The SMILES string of the molecule is NC(=O)CN(C(=O)CCl)c1ccc(F)cc1. The normalized spacial score (nSPS) is 9.88. The van der Waals surface area contributed by atoms with Crippen LogP contribution >= 0.6 is 11.6 Å². The first-order valence-corrected chi connectivity index (χ1v) is 4.98. The van der Waals surface area contributed by atoms with Crippen molar-refractivity contribution in [3.8, 4) is 0 Å². The third-order valence-corrected chi connectivity index (χ3v) is 2.10. The lowest BCUT2D eigenvalue weighted by molar-refractivity contribution is -0.121. The van der Waals surface area contributed by atoms with E-state index in [0.29, 0.717) is 5.69 Å². The van der Waals surface area contributed by atoms with E-state index in [2.05, 4.69) is 0 Å². The Bertz CT molecular complexity index is 394. The number of anilines is 1. The molecule has 2 amide bonds. The summed E-state index contributed by atoms with van der Waals surface area (Å²) in [7, 11) is 0. The van der Waals surface area contributed by atoms with Crippen LogP contribution in [0.4, 0.5) is 10.1 Å². The van der Waals surface area contributed by atoms with Gasteiger partial charge in [0.1, 0.15) is 18.2 Å². The van der Waals surface area contributed by atoms with Gasteiger partial charge in [-0.3, -0.25) is 9.59 Å². The van der Waals surface area contributed by atoms with Crippen molar-refractivity contribution in [3.63, 3.8) is 0 Å². The molecular formula is C10H10ClFN2O2. The monoisotopic (exact) mass is 244 g/mol. The van der Waals surface area contributed by atoms with Crippen LogP contribution in [-0.4, -0.2) is 24.2 Å². The highest BCUT2D eigenvalue weighted by Crippen LogP contribution is 2.15. The van der Waals surface area contributed by atoms with Crippen molar-refractivity contribution in [2.45, 2.75) is 0 Å². The first-order valence-electron chi connectivity index (χ1n) is 4.45. The van der Waals surface area contributed by atoms with Gasteiger partial charge in [0, 0.05) is 5.69 Å². The van der Waals surface area contributed by atoms with Gasteiger partial charge in [-0.2, -0.15) is 0 Å². The van der Waals surface area contributed by atoms with E-state index in [1.54, 1.807) is 0 Å². The predicted octanol–water partition coefficient (Wildman–Crippen LogP) is 0.883. The summed E-state index contributed by atoms with van der Waals surface area (Å²) in [5, 5.41) is 0. The van der Waals surface area contributed by atoms with E-state index in [-0.39, 0.29) is 12.4 Å². The molecule has 2 N–H and O–H groups in total. The zero-order valence-electron chi connectivity index (χ0n) is 8.32. The van der Waals surface area contributed by atoms with E-state index < -0.39 is 17.6 Å². The molecule has 0 spiro atoms. The third kappa shape index (κ3) is 3.20. The number of hydrogen-bond donors (Lipinski definition) is 1. The molecule has 16 heavy (non-hydrogen) atoms. The first-order chi connectivity index (χ1) is 7.54. The lowest BCUT2D eigenvalue weighted by Crippen LogP contribution is -2.39. The highest BCUT2D eigenvalue weighted by atomic mass is 35.5. The summed E-state index contributed by atoms with van der Waals surface area (Å²) in [6.45, 7) is -0.281. The summed E-state index contributed by atoms with van der Waals surface area (Å²) in [6.07, 6.45) is 0. The van der Waals surface area contributed by atoms with Crippen molar-refractivity contribution in [3.05, 3.63) is 30.1 Å². The van der Waals surface area contributed by atoms with E-state index in [4.69, 9.17) is 17.3 Å². The van der Waals surface area contributed by atoms with Gasteiger partial charge in [0.15, 0.2) is 0 Å². The fourth-order valence-electron chi connectivity index (χ4n) is 1.17. The van der Waals surface area contributed by atoms with E-state index in [1.807, 2.05) is 0 Å². The number of nitrogens with two attached hydrogens (primary N) is 1. The number of nitrogens with zero attached hydrogens (tertiary/aromatic N) is 1. The Morgan fingerprint density at radius 3 is 2.31 bits per heavy atom. The van der Waals surface area contributed by atoms with Crippen LogP contribution in [0, 0.1) is 5.82 Å². The zero-order chi connectivity index (χ0) is 12.1. The Hall–Kier alpha value is -1.62. The Labute approximate surface area is 96.8 Å². The topological polar surface area (TPSA) is 63.4 Å². The minimum Gasteiger partial charge on any atom is -0.368 e. The molecule has 1 aromatic rings. The molecule has 0 saturated heterocycles. The van der Waals surface area contributed by atoms with Crippen LogP contribution in [-0.2, 0) is 9.59 Å². The molecule has 1 aromatic carbocycles. The van der Waals surface area contributed by atoms with Gasteiger partial charge >= 0.3 is 0 Å². The number of alkyl halides is 1. The van der Waals surface area contributed by atoms with Crippen LogP contribution in [0.5, 0.6) is 0 Å². The van der Waals surface area contributed by atoms with Crippen LogP contribution in [0.1, 0.15) is 0 Å². The molecule has 86 valence electrons. The number of amides is 2. The summed E-state index contributed by atoms with van der Waals surface area (Å²) >= 11 is 5.39. The molecule has 0 saturated carbocycles. The predicted molar refractivity (Wildman–Crippen MR) is 58.7 cm³/mol. The summed E-state index contributed by atoms with van der Waals surface area (Å²) < 4.78 is 12.7. The third-order valence-electron chi connectivity index (χ3n) is 1.87. The molecule has 0 aliphatic carbocycles. The molecule has 0 atom stereocenters. The smallest absolute Gasteiger partial charge is 0.242 e. The number of rotatable bonds is 4. The van der Waals surface area contributed by atoms with Gasteiger partial charge in [0.25, 0.3) is 0 Å². The highest BCUT2D eigenvalue weighted by Gasteiger charge is 2.16. The number of halogens is 2. The average molecular weight is 245 g/mol. The molecule has 0 aliphatic rings. The number of benzene rings is 1. The average Bonchev–Trinajstić information content (AvgIpc) is 2.26. The number of carbonyl (C=O) groups is 2. The number of carbonyl (C=O) groups excluding carboxylic acids is 2. The Kier molecular flexibility index (Phi) is 4.25. The maximum absolute atomic E-state index is 12.7. The van der Waals surface area contributed by atoms with Gasteiger partial charge in [-0.05, 0) is 24.3 Å². The molecular weight excluding hydrogens is 235 g/mol. The summed E-state index contributed by atoms with van der Waals surface area (Å²) in [5.74, 6) is -1.83. The lowest BCUT2D eigenvalue weighted by Gasteiger charge is -2.20. The molecule has 0 fully saturated rings. The Morgan fingerprint density at radius 1 is 1.31 bits per heavy atom. The van der Waals surface area contributed by atoms with Crippen LogP contribution in [0.15, 0.2) is 24.3 Å². The largest absolute Gasteiger partial charge is 0.368 e. The summed E-state index contributed by atoms with van der Waals surface area (Å²) in [4.78, 5) is 23.3. The molecule has 4 nitrogen and oxygen atoms in total. The molecule has 6 heteroatoms. The molecule has 0 heterocycles. The van der Waals surface area contributed by atoms with Crippen molar-refractivity contribution in [1.82, 2.24) is 0 Å². The van der Waals surface area contributed by atoms with Crippen molar-refractivity contribution in [2.75, 3.05) is 17.3 Å². The molecule has 1 rings (SSSR count). The van der Waals surface area contributed by atoms with Crippen LogP contribution in [0.3, 0.4) is 0 Å². The quantitative estimate of drug-likeness (QED) is 0.800. The second-order valence-corrected chi connectivity index (χ2v) is 3.32. The standard InChI is InChI=1S/C10H10ClFN2O2/c11-5-10(16)14(6-9(13)15)8-3-1-7(12)2-4-8/h1-4H,5-6H2,(H2,13,15). The fraction of sp³-hybridized carbons (Fsp3) is 0.200. The van der Waals surface area contributed by atoms with Crippen molar-refractivity contribution >= 4 is 29.1 Å². The van der Waals surface area contributed by atoms with E-state index in [1.165, 1.54) is 24.3 Å². The summed E-state index contributed by atoms with van der Waals surface area (Å²) in [5.41, 5.74) is 5.38. The van der Waals surface area contributed by atoms with Gasteiger partial charge < -0.3 is 10.6 Å². The molecule has 0 aliphatic heterocycles. The zero-order valence-corrected chi connectivity index (χ0v) is 9.08. The van der Waals surface area contributed by atoms with E-state index in [0.717, 1.165) is 4.90 Å². The Morgan fingerprint density at radius 2 is 1.88 bits per heavy atom. The van der Waals surface area contributed by atoms with Gasteiger partial charge in [-0.15, -0.1) is 11.6 Å². The van der Waals surface area contributed by atoms with Crippen molar-refractivity contribution in [1.29, 1.82) is 0 Å². The Balaban J connectivity index is 2.96. The van der Waals surface area contributed by atoms with Crippen LogP contribution in [0.25, 0.3) is 0 Å². The van der Waals surface area contributed by atoms with Crippen molar-refractivity contribution in [2.24, 2.45) is 5.73 Å². The lowest BCUT2D eigenvalue weighted by atomic mass is 10.2. The summed E-state index contributed by atoms with van der Waals surface area (Å²) in [6, 6.07) is 5.13. The molecule has 0 unspecified atom stereocenters.